The fraction of sp³-hybridized carbons (Fsp3) is 0.412. The van der Waals surface area contributed by atoms with Crippen molar-refractivity contribution in [1.82, 2.24) is 15.1 Å². The number of aromatic nitrogens is 2. The Morgan fingerprint density at radius 3 is 2.55 bits per heavy atom. The van der Waals surface area contributed by atoms with Crippen LogP contribution in [0.25, 0.3) is 0 Å². The van der Waals surface area contributed by atoms with Gasteiger partial charge in [-0.15, -0.1) is 0 Å². The quantitative estimate of drug-likeness (QED) is 0.850. The molecule has 2 N–H and O–H groups in total. The highest BCUT2D eigenvalue weighted by atomic mass is 32.1. The molecule has 22 heavy (non-hydrogen) atoms. The van der Waals surface area contributed by atoms with Crippen LogP contribution in [-0.4, -0.2) is 20.9 Å². The lowest BCUT2D eigenvalue weighted by molar-refractivity contribution is 0.659. The molecule has 1 aromatic heterocycles. The van der Waals surface area contributed by atoms with E-state index in [0.29, 0.717) is 11.2 Å². The fourth-order valence-corrected chi connectivity index (χ4v) is 2.73. The van der Waals surface area contributed by atoms with E-state index >= 15 is 0 Å². The van der Waals surface area contributed by atoms with Crippen LogP contribution in [0.3, 0.4) is 0 Å². The van der Waals surface area contributed by atoms with E-state index < -0.39 is 0 Å². The Morgan fingerprint density at radius 2 is 1.91 bits per heavy atom. The zero-order valence-corrected chi connectivity index (χ0v) is 14.1. The highest BCUT2D eigenvalue weighted by molar-refractivity contribution is 7.80. The molecule has 4 nitrogen and oxygen atoms in total. The van der Waals surface area contributed by atoms with Crippen molar-refractivity contribution in [1.29, 1.82) is 0 Å². The molecular formula is C17H22N4S. The van der Waals surface area contributed by atoms with E-state index in [2.05, 4.69) is 53.8 Å². The summed E-state index contributed by atoms with van der Waals surface area (Å²) < 4.78 is 2.03. The Labute approximate surface area is 136 Å². The molecule has 1 aliphatic carbocycles. The number of benzene rings is 1. The summed E-state index contributed by atoms with van der Waals surface area (Å²) in [5.41, 5.74) is 5.63. The van der Waals surface area contributed by atoms with Crippen molar-refractivity contribution in [2.45, 2.75) is 46.2 Å². The molecule has 1 aromatic carbocycles. The Morgan fingerprint density at radius 1 is 1.23 bits per heavy atom. The van der Waals surface area contributed by atoms with E-state index in [1.165, 1.54) is 24.0 Å². The molecule has 1 fully saturated rings. The monoisotopic (exact) mass is 314 g/mol. The zero-order chi connectivity index (χ0) is 15.7. The fourth-order valence-electron chi connectivity index (χ4n) is 2.46. The summed E-state index contributed by atoms with van der Waals surface area (Å²) in [6, 6.07) is 9.13. The maximum absolute atomic E-state index is 5.37. The van der Waals surface area contributed by atoms with Gasteiger partial charge < -0.3 is 10.6 Å². The van der Waals surface area contributed by atoms with Gasteiger partial charge in [0.25, 0.3) is 0 Å². The van der Waals surface area contributed by atoms with Crippen LogP contribution < -0.4 is 10.6 Å². The lowest BCUT2D eigenvalue weighted by atomic mass is 10.1. The maximum atomic E-state index is 5.37. The number of aryl methyl sites for hydroxylation is 2. The van der Waals surface area contributed by atoms with Gasteiger partial charge in [0.15, 0.2) is 5.11 Å². The Bertz CT molecular complexity index is 683. The molecule has 3 rings (SSSR count). The van der Waals surface area contributed by atoms with Gasteiger partial charge in [-0.3, -0.25) is 4.68 Å². The average Bonchev–Trinajstić information content (AvgIpc) is 3.25. The molecule has 0 unspecified atom stereocenters. The number of anilines is 1. The average molecular weight is 314 g/mol. The van der Waals surface area contributed by atoms with Crippen LogP contribution in [0.2, 0.25) is 0 Å². The van der Waals surface area contributed by atoms with Crippen molar-refractivity contribution in [3.8, 4) is 0 Å². The summed E-state index contributed by atoms with van der Waals surface area (Å²) in [5.74, 6) is 0. The molecule has 0 saturated heterocycles. The Hall–Kier alpha value is -1.88. The summed E-state index contributed by atoms with van der Waals surface area (Å²) in [4.78, 5) is 0. The number of nitrogens with zero attached hydrogens (tertiary/aromatic N) is 2. The second-order valence-electron chi connectivity index (χ2n) is 6.06. The van der Waals surface area contributed by atoms with Crippen molar-refractivity contribution in [2.24, 2.45) is 0 Å². The third-order valence-electron chi connectivity index (χ3n) is 3.99. The van der Waals surface area contributed by atoms with Crippen molar-refractivity contribution >= 4 is 23.0 Å². The summed E-state index contributed by atoms with van der Waals surface area (Å²) in [7, 11) is 0. The molecule has 116 valence electrons. The van der Waals surface area contributed by atoms with E-state index in [0.717, 1.165) is 23.6 Å². The lowest BCUT2D eigenvalue weighted by Crippen LogP contribution is -2.30. The minimum Gasteiger partial charge on any atom is -0.360 e. The highest BCUT2D eigenvalue weighted by Crippen LogP contribution is 2.22. The van der Waals surface area contributed by atoms with Gasteiger partial charge in [0.05, 0.1) is 23.6 Å². The molecule has 2 aromatic rings. The van der Waals surface area contributed by atoms with Crippen LogP contribution in [0.5, 0.6) is 0 Å². The van der Waals surface area contributed by atoms with Crippen LogP contribution in [0.4, 0.5) is 5.69 Å². The van der Waals surface area contributed by atoms with Crippen LogP contribution in [0.1, 0.15) is 35.4 Å². The van der Waals surface area contributed by atoms with Gasteiger partial charge in [-0.25, -0.2) is 0 Å². The first-order valence-corrected chi connectivity index (χ1v) is 8.11. The van der Waals surface area contributed by atoms with Crippen LogP contribution in [0.15, 0.2) is 24.3 Å². The predicted molar refractivity (Wildman–Crippen MR) is 94.4 cm³/mol. The van der Waals surface area contributed by atoms with Gasteiger partial charge in [-0.05, 0) is 51.4 Å². The van der Waals surface area contributed by atoms with E-state index in [-0.39, 0.29) is 0 Å². The molecule has 1 aliphatic rings. The van der Waals surface area contributed by atoms with Crippen molar-refractivity contribution in [2.75, 3.05) is 5.32 Å². The normalized spacial score (nSPS) is 14.0. The predicted octanol–water partition coefficient (Wildman–Crippen LogP) is 3.31. The molecule has 0 spiro atoms. The van der Waals surface area contributed by atoms with Crippen LogP contribution in [0, 0.1) is 20.8 Å². The van der Waals surface area contributed by atoms with Gasteiger partial charge in [0, 0.05) is 6.04 Å². The molecule has 0 bridgehead atoms. The highest BCUT2D eigenvalue weighted by Gasteiger charge is 2.22. The van der Waals surface area contributed by atoms with E-state index in [9.17, 15) is 0 Å². The molecule has 1 heterocycles. The summed E-state index contributed by atoms with van der Waals surface area (Å²) in [6.07, 6.45) is 2.43. The molecular weight excluding hydrogens is 292 g/mol. The van der Waals surface area contributed by atoms with Crippen molar-refractivity contribution < 1.29 is 0 Å². The standard InChI is InChI=1S/C17H22N4S/c1-11-4-6-14(7-5-11)10-21-13(3)16(12(2)20-21)19-17(22)18-15-8-9-15/h4-7,15H,8-10H2,1-3H3,(H2,18,19,22). The summed E-state index contributed by atoms with van der Waals surface area (Å²) in [5, 5.41) is 11.9. The minimum absolute atomic E-state index is 0.559. The molecule has 5 heteroatoms. The molecule has 1 saturated carbocycles. The minimum atomic E-state index is 0.559. The maximum Gasteiger partial charge on any atom is 0.171 e. The van der Waals surface area contributed by atoms with E-state index in [1.54, 1.807) is 0 Å². The summed E-state index contributed by atoms with van der Waals surface area (Å²) in [6.45, 7) is 6.97. The first-order chi connectivity index (χ1) is 10.5. The smallest absolute Gasteiger partial charge is 0.171 e. The third kappa shape index (κ3) is 3.47. The molecule has 0 amide bonds. The molecule has 0 atom stereocenters. The van der Waals surface area contributed by atoms with Crippen molar-refractivity contribution in [3.05, 3.63) is 46.8 Å². The van der Waals surface area contributed by atoms with Gasteiger partial charge in [0.1, 0.15) is 0 Å². The number of hydrogen-bond acceptors (Lipinski definition) is 2. The van der Waals surface area contributed by atoms with E-state index in [4.69, 9.17) is 12.2 Å². The van der Waals surface area contributed by atoms with Crippen LogP contribution in [-0.2, 0) is 6.54 Å². The first kappa shape index (κ1) is 15.0. The van der Waals surface area contributed by atoms with Crippen LogP contribution >= 0.6 is 12.2 Å². The second kappa shape index (κ2) is 6.08. The Kier molecular flexibility index (Phi) is 4.16. The van der Waals surface area contributed by atoms with Gasteiger partial charge in [-0.1, -0.05) is 29.8 Å². The summed E-state index contributed by atoms with van der Waals surface area (Å²) >= 11 is 5.37. The molecule has 0 aliphatic heterocycles. The first-order valence-electron chi connectivity index (χ1n) is 7.70. The molecule has 0 radical (unpaired) electrons. The number of hydrogen-bond donors (Lipinski definition) is 2. The number of thiocarbonyl (C=S) groups is 1. The van der Waals surface area contributed by atoms with Gasteiger partial charge in [0.2, 0.25) is 0 Å². The Balaban J connectivity index is 1.73. The van der Waals surface area contributed by atoms with Gasteiger partial charge in [-0.2, -0.15) is 5.10 Å². The topological polar surface area (TPSA) is 41.9 Å². The van der Waals surface area contributed by atoms with E-state index in [1.807, 2.05) is 11.6 Å². The third-order valence-corrected chi connectivity index (χ3v) is 4.21. The number of rotatable bonds is 4. The largest absolute Gasteiger partial charge is 0.360 e. The second-order valence-corrected chi connectivity index (χ2v) is 6.47. The zero-order valence-electron chi connectivity index (χ0n) is 13.3. The lowest BCUT2D eigenvalue weighted by Gasteiger charge is -2.10. The SMILES string of the molecule is Cc1ccc(Cn2nc(C)c(NC(=S)NC3CC3)c2C)cc1. The van der Waals surface area contributed by atoms with Crippen molar-refractivity contribution in [3.63, 3.8) is 0 Å². The number of nitrogens with one attached hydrogen (secondary N) is 2. The van der Waals surface area contributed by atoms with Gasteiger partial charge >= 0.3 is 0 Å².